The van der Waals surface area contributed by atoms with Gasteiger partial charge in [0.15, 0.2) is 0 Å². The highest BCUT2D eigenvalue weighted by molar-refractivity contribution is 4.82. The number of hydrogen-bond acceptors (Lipinski definition) is 2. The molecule has 2 nitrogen and oxygen atoms in total. The Morgan fingerprint density at radius 1 is 0.688 bits per heavy atom. The summed E-state index contributed by atoms with van der Waals surface area (Å²) < 4.78 is 0. The number of aliphatic hydroxyl groups is 1. The molecule has 2 heteroatoms. The summed E-state index contributed by atoms with van der Waals surface area (Å²) in [6.45, 7) is 2.45. The second-order valence-electron chi connectivity index (χ2n) is 5.58. The Morgan fingerprint density at radius 2 is 1.25 bits per heavy atom. The van der Waals surface area contributed by atoms with Crippen molar-refractivity contribution in [1.29, 1.82) is 0 Å². The maximum atomic E-state index is 10.3. The number of rotatable bonds is 1. The van der Waals surface area contributed by atoms with E-state index in [0.29, 0.717) is 6.04 Å². The minimum atomic E-state index is -0.0570. The van der Waals surface area contributed by atoms with Gasteiger partial charge in [0.05, 0.1) is 6.10 Å². The molecular formula is C14H27NO. The smallest absolute Gasteiger partial charge is 0.0695 e. The van der Waals surface area contributed by atoms with E-state index in [1.165, 1.54) is 70.9 Å². The Morgan fingerprint density at radius 3 is 1.94 bits per heavy atom. The van der Waals surface area contributed by atoms with E-state index in [4.69, 9.17) is 0 Å². The third kappa shape index (κ3) is 3.46. The highest BCUT2D eigenvalue weighted by Crippen LogP contribution is 2.24. The van der Waals surface area contributed by atoms with Crippen LogP contribution in [0.25, 0.3) is 0 Å². The standard InChI is InChI=1S/C14H27NO/c16-14-10-6-2-1-5-9-13(14)15-11-7-3-4-8-12-15/h13-14,16H,1-12H2. The fraction of sp³-hybridized carbons (Fsp3) is 1.00. The van der Waals surface area contributed by atoms with Crippen LogP contribution >= 0.6 is 0 Å². The van der Waals surface area contributed by atoms with Crippen LogP contribution in [0, 0.1) is 0 Å². The van der Waals surface area contributed by atoms with E-state index in [9.17, 15) is 5.11 Å². The molecule has 2 aliphatic rings. The lowest BCUT2D eigenvalue weighted by Gasteiger charge is -2.35. The van der Waals surface area contributed by atoms with Crippen molar-refractivity contribution in [2.24, 2.45) is 0 Å². The van der Waals surface area contributed by atoms with Crippen LogP contribution in [0.5, 0.6) is 0 Å². The molecule has 2 unspecified atom stereocenters. The molecule has 1 saturated carbocycles. The van der Waals surface area contributed by atoms with Crippen LogP contribution < -0.4 is 0 Å². The number of likely N-dealkylation sites (tertiary alicyclic amines) is 1. The van der Waals surface area contributed by atoms with Crippen molar-refractivity contribution >= 4 is 0 Å². The summed E-state index contributed by atoms with van der Waals surface area (Å²) in [5, 5.41) is 10.3. The van der Waals surface area contributed by atoms with Crippen molar-refractivity contribution < 1.29 is 5.11 Å². The van der Waals surface area contributed by atoms with Crippen molar-refractivity contribution in [2.45, 2.75) is 76.4 Å². The lowest BCUT2D eigenvalue weighted by molar-refractivity contribution is 0.0328. The summed E-state index contributed by atoms with van der Waals surface area (Å²) >= 11 is 0. The molecule has 2 rings (SSSR count). The van der Waals surface area contributed by atoms with Gasteiger partial charge in [-0.2, -0.15) is 0 Å². The molecule has 1 aliphatic carbocycles. The topological polar surface area (TPSA) is 23.5 Å². The largest absolute Gasteiger partial charge is 0.391 e. The Bertz CT molecular complexity index is 187. The third-order valence-electron chi connectivity index (χ3n) is 4.30. The van der Waals surface area contributed by atoms with Crippen LogP contribution in [0.15, 0.2) is 0 Å². The van der Waals surface area contributed by atoms with E-state index in [1.807, 2.05) is 0 Å². The predicted octanol–water partition coefficient (Wildman–Crippen LogP) is 2.95. The lowest BCUT2D eigenvalue weighted by atomic mass is 9.93. The van der Waals surface area contributed by atoms with Gasteiger partial charge in [-0.1, -0.05) is 38.5 Å². The maximum Gasteiger partial charge on any atom is 0.0695 e. The highest BCUT2D eigenvalue weighted by Gasteiger charge is 2.26. The van der Waals surface area contributed by atoms with Gasteiger partial charge >= 0.3 is 0 Å². The molecule has 0 radical (unpaired) electrons. The number of nitrogens with zero attached hydrogens (tertiary/aromatic N) is 1. The minimum Gasteiger partial charge on any atom is -0.391 e. The monoisotopic (exact) mass is 225 g/mol. The van der Waals surface area contributed by atoms with E-state index in [-0.39, 0.29) is 6.10 Å². The molecule has 0 aromatic heterocycles. The van der Waals surface area contributed by atoms with Crippen molar-refractivity contribution in [3.8, 4) is 0 Å². The zero-order valence-electron chi connectivity index (χ0n) is 10.5. The summed E-state index contributed by atoms with van der Waals surface area (Å²) in [6.07, 6.45) is 12.9. The molecule has 0 bridgehead atoms. The summed E-state index contributed by atoms with van der Waals surface area (Å²) in [5.74, 6) is 0. The van der Waals surface area contributed by atoms with E-state index in [0.717, 1.165) is 6.42 Å². The molecule has 0 aromatic carbocycles. The average molecular weight is 225 g/mol. The van der Waals surface area contributed by atoms with Crippen LogP contribution in [0.4, 0.5) is 0 Å². The molecule has 0 spiro atoms. The first-order valence-corrected chi connectivity index (χ1v) is 7.30. The summed E-state index contributed by atoms with van der Waals surface area (Å²) in [6, 6.07) is 0.471. The highest BCUT2D eigenvalue weighted by atomic mass is 16.3. The van der Waals surface area contributed by atoms with Crippen molar-refractivity contribution in [3.05, 3.63) is 0 Å². The molecule has 0 amide bonds. The molecule has 1 N–H and O–H groups in total. The van der Waals surface area contributed by atoms with Gasteiger partial charge < -0.3 is 5.11 Å². The van der Waals surface area contributed by atoms with Gasteiger partial charge in [0.1, 0.15) is 0 Å². The van der Waals surface area contributed by atoms with E-state index in [1.54, 1.807) is 0 Å². The van der Waals surface area contributed by atoms with E-state index < -0.39 is 0 Å². The second-order valence-corrected chi connectivity index (χ2v) is 5.58. The molecule has 94 valence electrons. The Labute approximate surface area is 100 Å². The zero-order chi connectivity index (χ0) is 11.2. The lowest BCUT2D eigenvalue weighted by Crippen LogP contribution is -2.44. The fourth-order valence-corrected chi connectivity index (χ4v) is 3.30. The van der Waals surface area contributed by atoms with Crippen molar-refractivity contribution in [2.75, 3.05) is 13.1 Å². The minimum absolute atomic E-state index is 0.0570. The summed E-state index contributed by atoms with van der Waals surface area (Å²) in [5.41, 5.74) is 0. The molecule has 1 saturated heterocycles. The van der Waals surface area contributed by atoms with Gasteiger partial charge in [0.2, 0.25) is 0 Å². The molecule has 16 heavy (non-hydrogen) atoms. The van der Waals surface area contributed by atoms with Gasteiger partial charge in [-0.25, -0.2) is 0 Å². The molecular weight excluding hydrogens is 198 g/mol. The van der Waals surface area contributed by atoms with Gasteiger partial charge in [-0.3, -0.25) is 4.90 Å². The Hall–Kier alpha value is -0.0800. The third-order valence-corrected chi connectivity index (χ3v) is 4.30. The molecule has 0 aromatic rings. The van der Waals surface area contributed by atoms with Crippen LogP contribution in [0.1, 0.15) is 64.2 Å². The van der Waals surface area contributed by atoms with Gasteiger partial charge in [0, 0.05) is 6.04 Å². The van der Waals surface area contributed by atoms with E-state index in [2.05, 4.69) is 4.90 Å². The predicted molar refractivity (Wildman–Crippen MR) is 67.5 cm³/mol. The fourth-order valence-electron chi connectivity index (χ4n) is 3.30. The first kappa shape index (κ1) is 12.4. The normalized spacial score (nSPS) is 35.1. The Balaban J connectivity index is 1.91. The number of hydrogen-bond donors (Lipinski definition) is 1. The van der Waals surface area contributed by atoms with Crippen LogP contribution in [0.3, 0.4) is 0 Å². The molecule has 1 aliphatic heterocycles. The van der Waals surface area contributed by atoms with Gasteiger partial charge in [0.25, 0.3) is 0 Å². The van der Waals surface area contributed by atoms with Gasteiger partial charge in [-0.15, -0.1) is 0 Å². The first-order chi connectivity index (χ1) is 7.88. The van der Waals surface area contributed by atoms with Gasteiger partial charge in [-0.05, 0) is 38.8 Å². The van der Waals surface area contributed by atoms with Crippen molar-refractivity contribution in [1.82, 2.24) is 4.90 Å². The summed E-state index contributed by atoms with van der Waals surface area (Å²) in [7, 11) is 0. The second kappa shape index (κ2) is 6.61. The SMILES string of the molecule is OC1CCCCCCC1N1CCCCCC1. The molecule has 2 fully saturated rings. The first-order valence-electron chi connectivity index (χ1n) is 7.30. The van der Waals surface area contributed by atoms with Crippen LogP contribution in [-0.4, -0.2) is 35.2 Å². The van der Waals surface area contributed by atoms with Crippen LogP contribution in [0.2, 0.25) is 0 Å². The quantitative estimate of drug-likeness (QED) is 0.741. The number of aliphatic hydroxyl groups excluding tert-OH is 1. The molecule has 1 heterocycles. The van der Waals surface area contributed by atoms with Crippen LogP contribution in [-0.2, 0) is 0 Å². The summed E-state index contributed by atoms with van der Waals surface area (Å²) in [4.78, 5) is 2.59. The zero-order valence-corrected chi connectivity index (χ0v) is 10.5. The average Bonchev–Trinajstić information content (AvgIpc) is 2.53. The van der Waals surface area contributed by atoms with E-state index >= 15 is 0 Å². The molecule has 2 atom stereocenters. The van der Waals surface area contributed by atoms with Crippen molar-refractivity contribution in [3.63, 3.8) is 0 Å². The maximum absolute atomic E-state index is 10.3. The Kier molecular flexibility index (Phi) is 5.11.